The topological polar surface area (TPSA) is 107 Å². The van der Waals surface area contributed by atoms with Gasteiger partial charge in [-0.3, -0.25) is 0 Å². The van der Waals surface area contributed by atoms with Crippen molar-refractivity contribution in [2.45, 2.75) is 51.0 Å². The summed E-state index contributed by atoms with van der Waals surface area (Å²) in [5, 5.41) is 7.99. The summed E-state index contributed by atoms with van der Waals surface area (Å²) in [6, 6.07) is 4.38. The number of aromatic nitrogens is 4. The number of hydrogen-bond donors (Lipinski definition) is 3. The molecule has 3 aromatic heterocycles. The largest absolute Gasteiger partial charge is 0.382 e. The second-order valence-electron chi connectivity index (χ2n) is 7.01. The second-order valence-corrected chi connectivity index (χ2v) is 7.01. The third kappa shape index (κ3) is 3.10. The van der Waals surface area contributed by atoms with Crippen LogP contribution in [-0.2, 0) is 6.42 Å². The average Bonchev–Trinajstić information content (AvgIpc) is 3.11. The molecule has 0 amide bonds. The molecule has 4 rings (SSSR count). The molecule has 0 atom stereocenters. The Morgan fingerprint density at radius 2 is 2.00 bits per heavy atom. The second kappa shape index (κ2) is 6.92. The molecule has 3 heterocycles. The maximum atomic E-state index is 6.37. The number of nitrogens with one attached hydrogen (secondary N) is 1. The van der Waals surface area contributed by atoms with Gasteiger partial charge in [-0.15, -0.1) is 5.10 Å². The fraction of sp³-hybridized carbons (Fsp3) is 0.421. The summed E-state index contributed by atoms with van der Waals surface area (Å²) in [6.07, 6.45) is 10.4. The van der Waals surface area contributed by atoms with Crippen LogP contribution in [0.5, 0.6) is 0 Å². The summed E-state index contributed by atoms with van der Waals surface area (Å²) in [5.41, 5.74) is 16.4. The summed E-state index contributed by atoms with van der Waals surface area (Å²) in [7, 11) is 0. The van der Waals surface area contributed by atoms with E-state index in [4.69, 9.17) is 11.5 Å². The Morgan fingerprint density at radius 3 is 2.77 bits per heavy atom. The highest BCUT2D eigenvalue weighted by Gasteiger charge is 2.27. The molecular formula is C19H25N7. The Labute approximate surface area is 152 Å². The van der Waals surface area contributed by atoms with Crippen molar-refractivity contribution < 1.29 is 0 Å². The van der Waals surface area contributed by atoms with Crippen molar-refractivity contribution in [3.05, 3.63) is 41.9 Å². The van der Waals surface area contributed by atoms with Gasteiger partial charge in [0.15, 0.2) is 5.65 Å². The highest BCUT2D eigenvalue weighted by Crippen LogP contribution is 2.40. The summed E-state index contributed by atoms with van der Waals surface area (Å²) in [4.78, 5) is 8.97. The van der Waals surface area contributed by atoms with Gasteiger partial charge in [0.05, 0.1) is 5.69 Å². The first-order valence-corrected chi connectivity index (χ1v) is 9.26. The summed E-state index contributed by atoms with van der Waals surface area (Å²) >= 11 is 0. The molecule has 1 saturated carbocycles. The highest BCUT2D eigenvalue weighted by molar-refractivity contribution is 5.80. The Kier molecular flexibility index (Phi) is 4.46. The van der Waals surface area contributed by atoms with Crippen LogP contribution in [0, 0.1) is 0 Å². The number of nitrogen functional groups attached to an aromatic ring is 1. The molecule has 1 aliphatic rings. The van der Waals surface area contributed by atoms with Crippen LogP contribution in [0.1, 0.15) is 49.7 Å². The van der Waals surface area contributed by atoms with Crippen molar-refractivity contribution in [3.8, 4) is 0 Å². The van der Waals surface area contributed by atoms with E-state index in [1.54, 1.807) is 10.7 Å². The minimum absolute atomic E-state index is 0.287. The quantitative estimate of drug-likeness (QED) is 0.667. The number of pyridine rings is 1. The van der Waals surface area contributed by atoms with Gasteiger partial charge in [0.1, 0.15) is 11.6 Å². The number of aryl methyl sites for hydroxylation is 1. The lowest BCUT2D eigenvalue weighted by atomic mass is 9.81. The van der Waals surface area contributed by atoms with Gasteiger partial charge in [0, 0.05) is 30.2 Å². The van der Waals surface area contributed by atoms with E-state index in [0.29, 0.717) is 11.7 Å². The number of rotatable bonds is 4. The van der Waals surface area contributed by atoms with Gasteiger partial charge in [-0.25, -0.2) is 14.5 Å². The Bertz CT molecular complexity index is 909. The number of fused-ring (bicyclic) bond motifs is 1. The van der Waals surface area contributed by atoms with Gasteiger partial charge in [-0.05, 0) is 55.7 Å². The molecule has 1 aliphatic carbocycles. The number of nitrogens with two attached hydrogens (primary N) is 2. The minimum atomic E-state index is 0.287. The van der Waals surface area contributed by atoms with Gasteiger partial charge in [0.25, 0.3) is 0 Å². The average molecular weight is 351 g/mol. The number of imidazole rings is 1. The van der Waals surface area contributed by atoms with Gasteiger partial charge in [0.2, 0.25) is 0 Å². The minimum Gasteiger partial charge on any atom is -0.382 e. The van der Waals surface area contributed by atoms with E-state index in [1.165, 1.54) is 5.56 Å². The van der Waals surface area contributed by atoms with Crippen LogP contribution in [0.15, 0.2) is 30.7 Å². The fourth-order valence-electron chi connectivity index (χ4n) is 3.81. The first-order chi connectivity index (χ1) is 12.7. The SMILES string of the molecule is CCc1ccnc(Nc2c3nccn3nc(N)c2[C@H]2CC[C@H](N)CC2)c1. The van der Waals surface area contributed by atoms with E-state index in [1.807, 2.05) is 18.5 Å². The molecule has 7 heteroatoms. The van der Waals surface area contributed by atoms with Crippen LogP contribution >= 0.6 is 0 Å². The highest BCUT2D eigenvalue weighted by atomic mass is 15.3. The zero-order valence-corrected chi connectivity index (χ0v) is 15.0. The number of nitrogens with zero attached hydrogens (tertiary/aromatic N) is 4. The zero-order chi connectivity index (χ0) is 18.1. The van der Waals surface area contributed by atoms with E-state index >= 15 is 0 Å². The van der Waals surface area contributed by atoms with Crippen molar-refractivity contribution in [2.75, 3.05) is 11.1 Å². The third-order valence-electron chi connectivity index (χ3n) is 5.27. The van der Waals surface area contributed by atoms with Crippen molar-refractivity contribution >= 4 is 23.0 Å². The molecule has 136 valence electrons. The Morgan fingerprint density at radius 1 is 1.19 bits per heavy atom. The van der Waals surface area contributed by atoms with Gasteiger partial charge >= 0.3 is 0 Å². The number of hydrogen-bond acceptors (Lipinski definition) is 6. The van der Waals surface area contributed by atoms with Crippen LogP contribution in [0.4, 0.5) is 17.3 Å². The van der Waals surface area contributed by atoms with E-state index in [2.05, 4.69) is 33.4 Å². The molecular weight excluding hydrogens is 326 g/mol. The van der Waals surface area contributed by atoms with Gasteiger partial charge < -0.3 is 16.8 Å². The molecule has 7 nitrogen and oxygen atoms in total. The molecule has 0 unspecified atom stereocenters. The lowest BCUT2D eigenvalue weighted by Gasteiger charge is -2.28. The molecule has 5 N–H and O–H groups in total. The zero-order valence-electron chi connectivity index (χ0n) is 15.0. The molecule has 0 spiro atoms. The summed E-state index contributed by atoms with van der Waals surface area (Å²) in [5.74, 6) is 1.68. The monoisotopic (exact) mass is 351 g/mol. The van der Waals surface area contributed by atoms with E-state index in [0.717, 1.165) is 54.8 Å². The predicted octanol–water partition coefficient (Wildman–Crippen LogP) is 3.00. The van der Waals surface area contributed by atoms with Crippen molar-refractivity contribution in [3.63, 3.8) is 0 Å². The van der Waals surface area contributed by atoms with Crippen LogP contribution in [0.2, 0.25) is 0 Å². The maximum Gasteiger partial charge on any atom is 0.177 e. The fourth-order valence-corrected chi connectivity index (χ4v) is 3.81. The standard InChI is InChI=1S/C19H25N7/c1-2-12-7-8-22-15(11-12)24-17-16(13-3-5-14(20)6-4-13)18(21)25-26-10-9-23-19(17)26/h7-11,13-14H,2-6,20H2,1H3,(H2,21,25)(H,22,24)/t13-,14-. The summed E-state index contributed by atoms with van der Waals surface area (Å²) < 4.78 is 1.72. The smallest absolute Gasteiger partial charge is 0.177 e. The van der Waals surface area contributed by atoms with Crippen molar-refractivity contribution in [1.82, 2.24) is 19.6 Å². The lowest BCUT2D eigenvalue weighted by Crippen LogP contribution is -2.26. The molecule has 0 radical (unpaired) electrons. The van der Waals surface area contributed by atoms with Gasteiger partial charge in [-0.2, -0.15) is 0 Å². The van der Waals surface area contributed by atoms with Crippen LogP contribution in [0.3, 0.4) is 0 Å². The summed E-state index contributed by atoms with van der Waals surface area (Å²) in [6.45, 7) is 2.13. The van der Waals surface area contributed by atoms with Crippen molar-refractivity contribution in [2.24, 2.45) is 5.73 Å². The van der Waals surface area contributed by atoms with Crippen LogP contribution in [-0.4, -0.2) is 25.6 Å². The molecule has 0 saturated heterocycles. The van der Waals surface area contributed by atoms with Gasteiger partial charge in [-0.1, -0.05) is 6.92 Å². The molecule has 0 aliphatic heterocycles. The first kappa shape index (κ1) is 16.8. The Hall–Kier alpha value is -2.67. The maximum absolute atomic E-state index is 6.37. The normalized spacial score (nSPS) is 20.4. The molecule has 3 aromatic rings. The predicted molar refractivity (Wildman–Crippen MR) is 103 cm³/mol. The molecule has 0 aromatic carbocycles. The van der Waals surface area contributed by atoms with Crippen molar-refractivity contribution in [1.29, 1.82) is 0 Å². The van der Waals surface area contributed by atoms with Crippen LogP contribution < -0.4 is 16.8 Å². The van der Waals surface area contributed by atoms with E-state index < -0.39 is 0 Å². The van der Waals surface area contributed by atoms with E-state index in [-0.39, 0.29) is 6.04 Å². The Balaban J connectivity index is 1.80. The van der Waals surface area contributed by atoms with Crippen LogP contribution in [0.25, 0.3) is 5.65 Å². The first-order valence-electron chi connectivity index (χ1n) is 9.26. The lowest BCUT2D eigenvalue weighted by molar-refractivity contribution is 0.396. The number of anilines is 3. The third-order valence-corrected chi connectivity index (χ3v) is 5.27. The molecule has 26 heavy (non-hydrogen) atoms. The molecule has 1 fully saturated rings. The molecule has 0 bridgehead atoms. The van der Waals surface area contributed by atoms with E-state index in [9.17, 15) is 0 Å².